The number of carbonyl (C=O) groups is 1. The van der Waals surface area contributed by atoms with Crippen molar-refractivity contribution in [1.82, 2.24) is 19.9 Å². The molecular formula is C15H19N5OS2. The largest absolute Gasteiger partial charge is 0.368 e. The molecule has 1 aliphatic rings. The molecule has 6 nitrogen and oxygen atoms in total. The van der Waals surface area contributed by atoms with E-state index in [4.69, 9.17) is 5.73 Å². The Bertz CT molecular complexity index is 682. The molecule has 0 spiro atoms. The van der Waals surface area contributed by atoms with Crippen molar-refractivity contribution < 1.29 is 4.79 Å². The van der Waals surface area contributed by atoms with Crippen molar-refractivity contribution in [2.75, 3.05) is 24.6 Å². The van der Waals surface area contributed by atoms with E-state index in [1.807, 2.05) is 23.3 Å². The second-order valence-corrected chi connectivity index (χ2v) is 7.62. The van der Waals surface area contributed by atoms with E-state index in [9.17, 15) is 4.79 Å². The number of likely N-dealkylation sites (tertiary alicyclic amines) is 1. The molecule has 3 rings (SSSR count). The lowest BCUT2D eigenvalue weighted by Crippen LogP contribution is -2.39. The molecule has 23 heavy (non-hydrogen) atoms. The number of piperidine rings is 1. The second kappa shape index (κ2) is 7.27. The number of nitrogens with two attached hydrogens (primary N) is 1. The minimum Gasteiger partial charge on any atom is -0.368 e. The highest BCUT2D eigenvalue weighted by Gasteiger charge is 2.24. The zero-order valence-electron chi connectivity index (χ0n) is 12.9. The summed E-state index contributed by atoms with van der Waals surface area (Å²) in [4.78, 5) is 26.8. The van der Waals surface area contributed by atoms with E-state index in [2.05, 4.69) is 15.0 Å². The number of aryl methyl sites for hydroxylation is 1. The molecule has 0 radical (unpaired) electrons. The van der Waals surface area contributed by atoms with Crippen LogP contribution in [0.5, 0.6) is 0 Å². The van der Waals surface area contributed by atoms with Gasteiger partial charge in [-0.25, -0.2) is 15.0 Å². The first-order chi connectivity index (χ1) is 11.1. The lowest BCUT2D eigenvalue weighted by molar-refractivity contribution is -0.129. The third-order valence-corrected chi connectivity index (χ3v) is 6.00. The predicted octanol–water partition coefficient (Wildman–Crippen LogP) is 2.32. The van der Waals surface area contributed by atoms with Crippen molar-refractivity contribution in [2.24, 2.45) is 0 Å². The molecular weight excluding hydrogens is 330 g/mol. The minimum absolute atomic E-state index is 0.184. The fourth-order valence-corrected chi connectivity index (χ4v) is 4.41. The topological polar surface area (TPSA) is 85.0 Å². The van der Waals surface area contributed by atoms with Gasteiger partial charge < -0.3 is 10.6 Å². The zero-order valence-corrected chi connectivity index (χ0v) is 14.6. The molecule has 2 aromatic heterocycles. The van der Waals surface area contributed by atoms with Crippen LogP contribution >= 0.6 is 23.1 Å². The molecule has 122 valence electrons. The van der Waals surface area contributed by atoms with Crippen molar-refractivity contribution in [3.63, 3.8) is 0 Å². The van der Waals surface area contributed by atoms with Crippen LogP contribution in [-0.4, -0.2) is 44.6 Å². The maximum Gasteiger partial charge on any atom is 0.233 e. The van der Waals surface area contributed by atoms with Crippen molar-refractivity contribution in [2.45, 2.75) is 30.0 Å². The maximum atomic E-state index is 12.3. The molecule has 2 aromatic rings. The number of thioether (sulfide) groups is 1. The zero-order chi connectivity index (χ0) is 16.2. The second-order valence-electron chi connectivity index (χ2n) is 5.54. The van der Waals surface area contributed by atoms with E-state index < -0.39 is 0 Å². The summed E-state index contributed by atoms with van der Waals surface area (Å²) in [5.74, 6) is 1.32. The lowest BCUT2D eigenvalue weighted by Gasteiger charge is -2.31. The molecule has 0 saturated carbocycles. The lowest BCUT2D eigenvalue weighted by atomic mass is 9.93. The highest BCUT2D eigenvalue weighted by molar-refractivity contribution is 8.01. The fraction of sp³-hybridized carbons (Fsp3) is 0.467. The van der Waals surface area contributed by atoms with Gasteiger partial charge in [-0.3, -0.25) is 4.79 Å². The summed E-state index contributed by atoms with van der Waals surface area (Å²) in [6, 6.07) is 1.92. The number of hydrogen-bond donors (Lipinski definition) is 1. The fourth-order valence-electron chi connectivity index (χ4n) is 2.65. The molecule has 0 unspecified atom stereocenters. The standard InChI is InChI=1S/C15H19N5OS2/c1-10-8-22-15(18-10)23-9-13(21)20-6-3-11(4-7-20)12-2-5-17-14(16)19-12/h2,5,8,11H,3-4,6-7,9H2,1H3,(H2,16,17,19). The molecule has 1 amide bonds. The average molecular weight is 349 g/mol. The van der Waals surface area contributed by atoms with E-state index in [0.29, 0.717) is 17.6 Å². The number of amides is 1. The Labute approximate surface area is 143 Å². The quantitative estimate of drug-likeness (QED) is 0.853. The molecule has 0 atom stereocenters. The molecule has 1 fully saturated rings. The van der Waals surface area contributed by atoms with Crippen LogP contribution in [0.1, 0.15) is 30.1 Å². The third-order valence-electron chi connectivity index (χ3n) is 3.88. The van der Waals surface area contributed by atoms with Crippen molar-refractivity contribution in [3.8, 4) is 0 Å². The number of anilines is 1. The highest BCUT2D eigenvalue weighted by Crippen LogP contribution is 2.28. The number of aromatic nitrogens is 3. The molecule has 0 aliphatic carbocycles. The van der Waals surface area contributed by atoms with Crippen LogP contribution in [0.4, 0.5) is 5.95 Å². The van der Waals surface area contributed by atoms with Gasteiger partial charge in [0.1, 0.15) is 0 Å². The van der Waals surface area contributed by atoms with Crippen LogP contribution in [0, 0.1) is 6.92 Å². The van der Waals surface area contributed by atoms with Gasteiger partial charge in [0, 0.05) is 42.0 Å². The van der Waals surface area contributed by atoms with Gasteiger partial charge >= 0.3 is 0 Å². The highest BCUT2D eigenvalue weighted by atomic mass is 32.2. The third kappa shape index (κ3) is 4.20. The predicted molar refractivity (Wildman–Crippen MR) is 92.6 cm³/mol. The van der Waals surface area contributed by atoms with Crippen LogP contribution in [-0.2, 0) is 4.79 Å². The first kappa shape index (κ1) is 16.2. The minimum atomic E-state index is 0.184. The molecule has 0 bridgehead atoms. The van der Waals surface area contributed by atoms with Crippen molar-refractivity contribution >= 4 is 35.0 Å². The first-order valence-electron chi connectivity index (χ1n) is 7.53. The van der Waals surface area contributed by atoms with Gasteiger partial charge in [-0.05, 0) is 25.8 Å². The Morgan fingerprint density at radius 2 is 2.22 bits per heavy atom. The number of carbonyl (C=O) groups excluding carboxylic acids is 1. The first-order valence-corrected chi connectivity index (χ1v) is 9.39. The normalized spacial score (nSPS) is 15.8. The number of hydrogen-bond acceptors (Lipinski definition) is 7. The smallest absolute Gasteiger partial charge is 0.233 e. The Kier molecular flexibility index (Phi) is 5.12. The molecule has 1 saturated heterocycles. The number of nitrogens with zero attached hydrogens (tertiary/aromatic N) is 4. The summed E-state index contributed by atoms with van der Waals surface area (Å²) < 4.78 is 0.960. The number of thiazole rings is 1. The Morgan fingerprint density at radius 3 is 2.87 bits per heavy atom. The Hall–Kier alpha value is -1.67. The summed E-state index contributed by atoms with van der Waals surface area (Å²) in [7, 11) is 0. The van der Waals surface area contributed by atoms with Gasteiger partial charge in [0.05, 0.1) is 5.75 Å². The number of nitrogen functional groups attached to an aromatic ring is 1. The molecule has 1 aliphatic heterocycles. The van der Waals surface area contributed by atoms with Crippen LogP contribution in [0.15, 0.2) is 22.0 Å². The monoisotopic (exact) mass is 349 g/mol. The van der Waals surface area contributed by atoms with Gasteiger partial charge in [0.2, 0.25) is 11.9 Å². The van der Waals surface area contributed by atoms with E-state index in [1.54, 1.807) is 17.5 Å². The van der Waals surface area contributed by atoms with Gasteiger partial charge in [0.25, 0.3) is 0 Å². The summed E-state index contributed by atoms with van der Waals surface area (Å²) in [5.41, 5.74) is 7.64. The van der Waals surface area contributed by atoms with Gasteiger partial charge in [0.15, 0.2) is 4.34 Å². The average Bonchev–Trinajstić information content (AvgIpc) is 2.98. The molecule has 2 N–H and O–H groups in total. The molecule has 0 aromatic carbocycles. The Balaban J connectivity index is 1.49. The Morgan fingerprint density at radius 1 is 1.43 bits per heavy atom. The summed E-state index contributed by atoms with van der Waals surface area (Å²) >= 11 is 3.11. The molecule has 8 heteroatoms. The van der Waals surface area contributed by atoms with Crippen LogP contribution < -0.4 is 5.73 Å². The van der Waals surface area contributed by atoms with E-state index in [-0.39, 0.29) is 5.91 Å². The van der Waals surface area contributed by atoms with Crippen molar-refractivity contribution in [1.29, 1.82) is 0 Å². The van der Waals surface area contributed by atoms with Crippen LogP contribution in [0.25, 0.3) is 0 Å². The summed E-state index contributed by atoms with van der Waals surface area (Å²) in [6.45, 7) is 3.50. The van der Waals surface area contributed by atoms with E-state index >= 15 is 0 Å². The van der Waals surface area contributed by atoms with Gasteiger partial charge in [-0.1, -0.05) is 11.8 Å². The van der Waals surface area contributed by atoms with Gasteiger partial charge in [-0.15, -0.1) is 11.3 Å². The van der Waals surface area contributed by atoms with Gasteiger partial charge in [-0.2, -0.15) is 0 Å². The SMILES string of the molecule is Cc1csc(SCC(=O)N2CCC(c3ccnc(N)n3)CC2)n1. The summed E-state index contributed by atoms with van der Waals surface area (Å²) in [6.07, 6.45) is 3.54. The van der Waals surface area contributed by atoms with Crippen LogP contribution in [0.3, 0.4) is 0 Å². The maximum absolute atomic E-state index is 12.3. The van der Waals surface area contributed by atoms with Crippen molar-refractivity contribution in [3.05, 3.63) is 29.0 Å². The summed E-state index contributed by atoms with van der Waals surface area (Å²) in [5, 5.41) is 2.01. The number of rotatable bonds is 4. The van der Waals surface area contributed by atoms with E-state index in [1.165, 1.54) is 11.8 Å². The van der Waals surface area contributed by atoms with Crippen LogP contribution in [0.2, 0.25) is 0 Å². The molecule has 3 heterocycles. The van der Waals surface area contributed by atoms with E-state index in [0.717, 1.165) is 41.7 Å².